The van der Waals surface area contributed by atoms with Gasteiger partial charge < -0.3 is 5.32 Å². The van der Waals surface area contributed by atoms with Crippen LogP contribution in [0.15, 0.2) is 36.7 Å². The Labute approximate surface area is 131 Å². The molecule has 2 atom stereocenters. The standard InChI is InChI=1S/C17H22ClN3/c1-12-6-3-7-13(2)16(12)20-15-9-4-8-14(18)17(15)21-11-5-10-19-21/h4-5,8-13,16,20H,3,6-7H2,1-2H3. The smallest absolute Gasteiger partial charge is 0.106 e. The van der Waals surface area contributed by atoms with Crippen molar-refractivity contribution in [1.82, 2.24) is 9.78 Å². The van der Waals surface area contributed by atoms with E-state index in [1.165, 1.54) is 19.3 Å². The summed E-state index contributed by atoms with van der Waals surface area (Å²) in [6.07, 6.45) is 7.63. The van der Waals surface area contributed by atoms with Gasteiger partial charge in [-0.15, -0.1) is 0 Å². The fraction of sp³-hybridized carbons (Fsp3) is 0.471. The van der Waals surface area contributed by atoms with Gasteiger partial charge in [-0.05, 0) is 42.9 Å². The topological polar surface area (TPSA) is 29.9 Å². The van der Waals surface area contributed by atoms with Crippen LogP contribution in [0.4, 0.5) is 5.69 Å². The maximum atomic E-state index is 6.41. The van der Waals surface area contributed by atoms with E-state index in [1.54, 1.807) is 6.20 Å². The molecule has 112 valence electrons. The average Bonchev–Trinajstić information content (AvgIpc) is 2.97. The Kier molecular flexibility index (Phi) is 4.20. The number of anilines is 1. The van der Waals surface area contributed by atoms with Crippen LogP contribution in [0.5, 0.6) is 0 Å². The molecular weight excluding hydrogens is 282 g/mol. The normalized spacial score (nSPS) is 25.8. The summed E-state index contributed by atoms with van der Waals surface area (Å²) in [4.78, 5) is 0. The van der Waals surface area contributed by atoms with E-state index in [0.717, 1.165) is 16.4 Å². The van der Waals surface area contributed by atoms with E-state index >= 15 is 0 Å². The maximum absolute atomic E-state index is 6.41. The van der Waals surface area contributed by atoms with Crippen molar-refractivity contribution < 1.29 is 0 Å². The molecule has 0 amide bonds. The Morgan fingerprint density at radius 2 is 1.95 bits per heavy atom. The Morgan fingerprint density at radius 1 is 1.19 bits per heavy atom. The van der Waals surface area contributed by atoms with Gasteiger partial charge in [0.25, 0.3) is 0 Å². The lowest BCUT2D eigenvalue weighted by atomic mass is 9.78. The summed E-state index contributed by atoms with van der Waals surface area (Å²) in [5.74, 6) is 1.36. The summed E-state index contributed by atoms with van der Waals surface area (Å²) >= 11 is 6.41. The zero-order chi connectivity index (χ0) is 14.8. The van der Waals surface area contributed by atoms with Gasteiger partial charge in [0.15, 0.2) is 0 Å². The molecule has 0 radical (unpaired) electrons. The van der Waals surface area contributed by atoms with Crippen LogP contribution in [0, 0.1) is 11.8 Å². The number of hydrogen-bond acceptors (Lipinski definition) is 2. The van der Waals surface area contributed by atoms with Crippen molar-refractivity contribution in [3.05, 3.63) is 41.7 Å². The highest BCUT2D eigenvalue weighted by atomic mass is 35.5. The Morgan fingerprint density at radius 3 is 2.62 bits per heavy atom. The molecular formula is C17H22ClN3. The van der Waals surface area contributed by atoms with Crippen molar-refractivity contribution in [1.29, 1.82) is 0 Å². The minimum atomic E-state index is 0.492. The number of para-hydroxylation sites is 1. The second-order valence-corrected chi connectivity index (χ2v) is 6.55. The highest BCUT2D eigenvalue weighted by molar-refractivity contribution is 6.33. The van der Waals surface area contributed by atoms with Crippen molar-refractivity contribution in [2.75, 3.05) is 5.32 Å². The van der Waals surface area contributed by atoms with Crippen molar-refractivity contribution in [3.63, 3.8) is 0 Å². The lowest BCUT2D eigenvalue weighted by Gasteiger charge is -2.36. The summed E-state index contributed by atoms with van der Waals surface area (Å²) in [5.41, 5.74) is 2.01. The molecule has 1 fully saturated rings. The highest BCUT2D eigenvalue weighted by Crippen LogP contribution is 2.34. The monoisotopic (exact) mass is 303 g/mol. The number of halogens is 1. The third-order valence-corrected chi connectivity index (χ3v) is 4.89. The molecule has 0 bridgehead atoms. The van der Waals surface area contributed by atoms with Gasteiger partial charge in [0.05, 0.1) is 10.7 Å². The number of rotatable bonds is 3. The maximum Gasteiger partial charge on any atom is 0.106 e. The van der Waals surface area contributed by atoms with Crippen LogP contribution in [-0.4, -0.2) is 15.8 Å². The van der Waals surface area contributed by atoms with Gasteiger partial charge in [-0.3, -0.25) is 0 Å². The largest absolute Gasteiger partial charge is 0.380 e. The van der Waals surface area contributed by atoms with Crippen LogP contribution in [0.25, 0.3) is 5.69 Å². The molecule has 21 heavy (non-hydrogen) atoms. The van der Waals surface area contributed by atoms with Gasteiger partial charge in [0.1, 0.15) is 5.69 Å². The Balaban J connectivity index is 1.94. The lowest BCUT2D eigenvalue weighted by Crippen LogP contribution is -2.37. The van der Waals surface area contributed by atoms with E-state index in [2.05, 4.69) is 30.3 Å². The zero-order valence-electron chi connectivity index (χ0n) is 12.6. The molecule has 1 aliphatic carbocycles. The summed E-state index contributed by atoms with van der Waals surface area (Å²) in [5, 5.41) is 8.79. The first-order valence-electron chi connectivity index (χ1n) is 7.72. The SMILES string of the molecule is CC1CCCC(C)C1Nc1cccc(Cl)c1-n1cccn1. The number of hydrogen-bond donors (Lipinski definition) is 1. The van der Waals surface area contributed by atoms with Gasteiger partial charge in [-0.2, -0.15) is 5.10 Å². The molecule has 0 aliphatic heterocycles. The summed E-state index contributed by atoms with van der Waals surface area (Å²) < 4.78 is 1.84. The molecule has 1 aromatic carbocycles. The molecule has 1 heterocycles. The van der Waals surface area contributed by atoms with Crippen LogP contribution in [0.1, 0.15) is 33.1 Å². The van der Waals surface area contributed by atoms with E-state index in [9.17, 15) is 0 Å². The molecule has 0 spiro atoms. The molecule has 1 aliphatic rings. The third kappa shape index (κ3) is 2.93. The molecule has 2 aromatic rings. The summed E-state index contributed by atoms with van der Waals surface area (Å²) in [7, 11) is 0. The minimum absolute atomic E-state index is 0.492. The second-order valence-electron chi connectivity index (χ2n) is 6.14. The number of nitrogens with one attached hydrogen (secondary N) is 1. The van der Waals surface area contributed by atoms with Crippen LogP contribution in [-0.2, 0) is 0 Å². The first-order valence-corrected chi connectivity index (χ1v) is 8.09. The number of nitrogens with zero attached hydrogens (tertiary/aromatic N) is 2. The molecule has 1 N–H and O–H groups in total. The number of benzene rings is 1. The summed E-state index contributed by atoms with van der Waals surface area (Å²) in [6.45, 7) is 4.68. The van der Waals surface area contributed by atoms with Crippen LogP contribution in [0.3, 0.4) is 0 Å². The van der Waals surface area contributed by atoms with E-state index in [1.807, 2.05) is 29.1 Å². The quantitative estimate of drug-likeness (QED) is 0.885. The van der Waals surface area contributed by atoms with Crippen molar-refractivity contribution in [2.45, 2.75) is 39.2 Å². The van der Waals surface area contributed by atoms with E-state index < -0.39 is 0 Å². The Hall–Kier alpha value is -1.48. The molecule has 1 aromatic heterocycles. The van der Waals surface area contributed by atoms with Crippen molar-refractivity contribution in [3.8, 4) is 5.69 Å². The van der Waals surface area contributed by atoms with E-state index in [-0.39, 0.29) is 0 Å². The van der Waals surface area contributed by atoms with Gasteiger partial charge in [-0.1, -0.05) is 37.9 Å². The molecule has 4 heteroatoms. The molecule has 0 saturated heterocycles. The molecule has 3 nitrogen and oxygen atoms in total. The van der Waals surface area contributed by atoms with Gasteiger partial charge in [-0.25, -0.2) is 4.68 Å². The molecule has 3 rings (SSSR count). The van der Waals surface area contributed by atoms with E-state index in [0.29, 0.717) is 17.9 Å². The fourth-order valence-corrected chi connectivity index (χ4v) is 3.67. The van der Waals surface area contributed by atoms with Gasteiger partial charge >= 0.3 is 0 Å². The Bertz CT molecular complexity index is 584. The van der Waals surface area contributed by atoms with E-state index in [4.69, 9.17) is 11.6 Å². The van der Waals surface area contributed by atoms with Gasteiger partial charge in [0.2, 0.25) is 0 Å². The average molecular weight is 304 g/mol. The minimum Gasteiger partial charge on any atom is -0.380 e. The number of aromatic nitrogens is 2. The van der Waals surface area contributed by atoms with Crippen molar-refractivity contribution in [2.24, 2.45) is 11.8 Å². The first kappa shape index (κ1) is 14.5. The zero-order valence-corrected chi connectivity index (χ0v) is 13.3. The molecule has 2 unspecified atom stereocenters. The third-order valence-electron chi connectivity index (χ3n) is 4.59. The van der Waals surface area contributed by atoms with Crippen LogP contribution in [0.2, 0.25) is 5.02 Å². The molecule has 1 saturated carbocycles. The predicted molar refractivity (Wildman–Crippen MR) is 88.2 cm³/mol. The van der Waals surface area contributed by atoms with Gasteiger partial charge in [0, 0.05) is 18.4 Å². The highest BCUT2D eigenvalue weighted by Gasteiger charge is 2.28. The van der Waals surface area contributed by atoms with Crippen LogP contribution >= 0.6 is 11.6 Å². The predicted octanol–water partition coefficient (Wildman–Crippen LogP) is 4.76. The van der Waals surface area contributed by atoms with Crippen LogP contribution < -0.4 is 5.32 Å². The lowest BCUT2D eigenvalue weighted by molar-refractivity contribution is 0.268. The summed E-state index contributed by atoms with van der Waals surface area (Å²) in [6, 6.07) is 8.41. The second kappa shape index (κ2) is 6.10. The first-order chi connectivity index (χ1) is 10.2. The fourth-order valence-electron chi connectivity index (χ4n) is 3.41. The van der Waals surface area contributed by atoms with Crippen molar-refractivity contribution >= 4 is 17.3 Å².